The number of para-hydroxylation sites is 1. The SMILES string of the molecule is CC1(C)C2=CC3[C@H](C=C2c2ccccc21)c1ccccc1N3C1=NC=CC(C2=CCC(c3cccc(-c4ccccc4)c3)C=C2)[N-]1. The average Bonchev–Trinajstić information content (AvgIpc) is 3.56. The van der Waals surface area contributed by atoms with Gasteiger partial charge in [-0.05, 0) is 68.4 Å². The summed E-state index contributed by atoms with van der Waals surface area (Å²) in [5.41, 5.74) is 13.2. The molecule has 0 amide bonds. The van der Waals surface area contributed by atoms with Gasteiger partial charge in [-0.15, -0.1) is 0 Å². The van der Waals surface area contributed by atoms with Crippen LogP contribution >= 0.6 is 0 Å². The summed E-state index contributed by atoms with van der Waals surface area (Å²) in [5.74, 6) is 1.40. The molecule has 0 saturated heterocycles. The second-order valence-electron chi connectivity index (χ2n) is 13.5. The summed E-state index contributed by atoms with van der Waals surface area (Å²) in [7, 11) is 0. The topological polar surface area (TPSA) is 29.7 Å². The molecule has 0 bridgehead atoms. The van der Waals surface area contributed by atoms with Crippen LogP contribution in [0.2, 0.25) is 0 Å². The van der Waals surface area contributed by atoms with Gasteiger partial charge >= 0.3 is 0 Å². The first-order valence-corrected chi connectivity index (χ1v) is 16.5. The van der Waals surface area contributed by atoms with Crippen molar-refractivity contribution in [3.8, 4) is 11.1 Å². The highest BCUT2D eigenvalue weighted by atomic mass is 15.3. The lowest BCUT2D eigenvalue weighted by atomic mass is 9.77. The molecule has 3 unspecified atom stereocenters. The first-order valence-electron chi connectivity index (χ1n) is 16.5. The van der Waals surface area contributed by atoms with Crippen molar-refractivity contribution in [2.45, 2.75) is 49.6 Å². The molecule has 0 saturated carbocycles. The van der Waals surface area contributed by atoms with Crippen molar-refractivity contribution in [3.05, 3.63) is 185 Å². The molecular formula is C43H36N3-. The van der Waals surface area contributed by atoms with E-state index < -0.39 is 0 Å². The summed E-state index contributed by atoms with van der Waals surface area (Å²) in [5, 5.41) is 5.31. The molecule has 2 aliphatic heterocycles. The molecule has 46 heavy (non-hydrogen) atoms. The Balaban J connectivity index is 0.986. The first kappa shape index (κ1) is 27.2. The number of nitrogens with zero attached hydrogens (tertiary/aromatic N) is 3. The first-order chi connectivity index (χ1) is 22.6. The van der Waals surface area contributed by atoms with Crippen LogP contribution in [0.4, 0.5) is 5.69 Å². The Hall–Kier alpha value is -5.15. The molecule has 3 nitrogen and oxygen atoms in total. The van der Waals surface area contributed by atoms with Crippen molar-refractivity contribution in [1.82, 2.24) is 0 Å². The highest BCUT2D eigenvalue weighted by Gasteiger charge is 2.44. The average molecular weight is 595 g/mol. The number of allylic oxidation sites excluding steroid dienone is 4. The van der Waals surface area contributed by atoms with Gasteiger partial charge in [-0.25, -0.2) is 0 Å². The van der Waals surface area contributed by atoms with Crippen molar-refractivity contribution in [2.24, 2.45) is 4.99 Å². The van der Waals surface area contributed by atoms with Crippen LogP contribution in [0.15, 0.2) is 162 Å². The van der Waals surface area contributed by atoms with Crippen molar-refractivity contribution >= 4 is 17.2 Å². The summed E-state index contributed by atoms with van der Waals surface area (Å²) in [6, 6.07) is 37.4. The Kier molecular flexibility index (Phi) is 6.18. The lowest BCUT2D eigenvalue weighted by molar-refractivity contribution is 0.640. The van der Waals surface area contributed by atoms with Crippen LogP contribution in [-0.4, -0.2) is 18.0 Å². The van der Waals surface area contributed by atoms with E-state index in [1.54, 1.807) is 0 Å². The highest BCUT2D eigenvalue weighted by Crippen LogP contribution is 2.56. The molecule has 3 heteroatoms. The third-order valence-corrected chi connectivity index (χ3v) is 10.6. The van der Waals surface area contributed by atoms with Crippen LogP contribution in [0.5, 0.6) is 0 Å². The van der Waals surface area contributed by atoms with Gasteiger partial charge in [-0.3, -0.25) is 0 Å². The number of aliphatic imine (C=N–C) groups is 1. The van der Waals surface area contributed by atoms with Crippen molar-refractivity contribution < 1.29 is 0 Å². The second kappa shape index (κ2) is 10.5. The minimum absolute atomic E-state index is 0.0450. The Labute approximate surface area is 271 Å². The molecule has 0 N–H and O–H groups in total. The molecule has 0 aromatic heterocycles. The lowest BCUT2D eigenvalue weighted by Gasteiger charge is -2.42. The Morgan fingerprint density at radius 3 is 2.48 bits per heavy atom. The van der Waals surface area contributed by atoms with Crippen LogP contribution in [0.3, 0.4) is 0 Å². The van der Waals surface area contributed by atoms with E-state index in [1.807, 2.05) is 6.20 Å². The van der Waals surface area contributed by atoms with Gasteiger partial charge in [0.1, 0.15) is 0 Å². The summed E-state index contributed by atoms with van der Waals surface area (Å²) < 4.78 is 0. The third-order valence-electron chi connectivity index (χ3n) is 10.6. The Bertz CT molecular complexity index is 2050. The molecule has 4 aromatic rings. The fourth-order valence-corrected chi connectivity index (χ4v) is 8.20. The second-order valence-corrected chi connectivity index (χ2v) is 13.5. The number of guanidine groups is 1. The smallest absolute Gasteiger partial charge is 0.0355 e. The number of fused-ring (bicyclic) bond motifs is 6. The maximum atomic E-state index is 5.31. The zero-order valence-electron chi connectivity index (χ0n) is 26.2. The van der Waals surface area contributed by atoms with Gasteiger partial charge in [-0.2, -0.15) is 0 Å². The van der Waals surface area contributed by atoms with Crippen LogP contribution in [0.1, 0.15) is 54.4 Å². The van der Waals surface area contributed by atoms with Crippen LogP contribution < -0.4 is 4.90 Å². The van der Waals surface area contributed by atoms with Gasteiger partial charge in [0, 0.05) is 35.3 Å². The number of benzene rings is 4. The predicted octanol–water partition coefficient (Wildman–Crippen LogP) is 10.2. The molecule has 0 spiro atoms. The largest absolute Gasteiger partial charge is 0.390 e. The van der Waals surface area contributed by atoms with Crippen LogP contribution in [-0.2, 0) is 5.41 Å². The number of rotatable bonds is 3. The van der Waals surface area contributed by atoms with E-state index in [2.05, 4.69) is 158 Å². The summed E-state index contributed by atoms with van der Waals surface area (Å²) in [6.45, 7) is 4.72. The zero-order chi connectivity index (χ0) is 30.8. The van der Waals surface area contributed by atoms with Crippen molar-refractivity contribution in [1.29, 1.82) is 0 Å². The van der Waals surface area contributed by atoms with E-state index in [4.69, 9.17) is 10.3 Å². The molecule has 4 aromatic carbocycles. The van der Waals surface area contributed by atoms with Gasteiger partial charge in [0.25, 0.3) is 0 Å². The van der Waals surface area contributed by atoms with Gasteiger partial charge < -0.3 is 15.2 Å². The van der Waals surface area contributed by atoms with Crippen LogP contribution in [0, 0.1) is 0 Å². The Morgan fingerprint density at radius 2 is 1.61 bits per heavy atom. The van der Waals surface area contributed by atoms with E-state index in [1.165, 1.54) is 55.8 Å². The molecule has 224 valence electrons. The highest BCUT2D eigenvalue weighted by molar-refractivity contribution is 6.10. The molecule has 0 radical (unpaired) electrons. The van der Waals surface area contributed by atoms with Gasteiger partial charge in [0.2, 0.25) is 0 Å². The maximum absolute atomic E-state index is 5.31. The van der Waals surface area contributed by atoms with Crippen molar-refractivity contribution in [3.63, 3.8) is 0 Å². The van der Waals surface area contributed by atoms with E-state index >= 15 is 0 Å². The van der Waals surface area contributed by atoms with Crippen LogP contribution in [0.25, 0.3) is 22.0 Å². The predicted molar refractivity (Wildman–Crippen MR) is 191 cm³/mol. The lowest BCUT2D eigenvalue weighted by Crippen LogP contribution is -2.40. The molecule has 5 aliphatic rings. The minimum atomic E-state index is -0.0545. The Morgan fingerprint density at radius 1 is 0.804 bits per heavy atom. The standard InChI is InChI=1S/C43H36N3/c1-43(2)37-17-8-6-15-33(37)35-26-36-34-16-7-9-18-40(34)46(41(36)27-38(35)43)42-44-24-23-39(45-42)30-21-19-29(20-22-30)32-14-10-13-31(25-32)28-11-4-3-5-12-28/h3-19,21-27,29,36,39,41H,20H2,1-2H3/q-1/t29?,36-,39?,41?/m1/s1. The number of hydrogen-bond donors (Lipinski definition) is 0. The summed E-state index contributed by atoms with van der Waals surface area (Å²) in [6.07, 6.45) is 17.1. The van der Waals surface area contributed by atoms with Gasteiger partial charge in [0.15, 0.2) is 0 Å². The third kappa shape index (κ3) is 4.22. The van der Waals surface area contributed by atoms with E-state index in [-0.39, 0.29) is 23.4 Å². The fraction of sp³-hybridized carbons (Fsp3) is 0.186. The molecule has 2 heterocycles. The van der Waals surface area contributed by atoms with E-state index in [9.17, 15) is 0 Å². The van der Waals surface area contributed by atoms with Gasteiger partial charge in [0.05, 0.1) is 0 Å². The minimum Gasteiger partial charge on any atom is -0.390 e. The summed E-state index contributed by atoms with van der Waals surface area (Å²) >= 11 is 0. The number of hydrogen-bond acceptors (Lipinski definition) is 2. The van der Waals surface area contributed by atoms with Gasteiger partial charge in [-0.1, -0.05) is 153 Å². The molecule has 9 rings (SSSR count). The molecule has 4 atom stereocenters. The molecular weight excluding hydrogens is 558 g/mol. The monoisotopic (exact) mass is 594 g/mol. The quantitative estimate of drug-likeness (QED) is 0.232. The van der Waals surface area contributed by atoms with E-state index in [0.29, 0.717) is 5.92 Å². The maximum Gasteiger partial charge on any atom is 0.0355 e. The molecule has 0 fully saturated rings. The van der Waals surface area contributed by atoms with Crippen molar-refractivity contribution in [2.75, 3.05) is 4.90 Å². The zero-order valence-corrected chi connectivity index (χ0v) is 26.2. The summed E-state index contributed by atoms with van der Waals surface area (Å²) in [4.78, 5) is 7.29. The fourth-order valence-electron chi connectivity index (χ4n) is 8.20. The normalized spacial score (nSPS) is 24.9. The number of anilines is 1. The molecule has 3 aliphatic carbocycles. The van der Waals surface area contributed by atoms with E-state index in [0.717, 1.165) is 12.4 Å².